The number of carbonyl (C=O) groups excluding carboxylic acids is 1. The predicted octanol–water partition coefficient (Wildman–Crippen LogP) is 0.573. The van der Waals surface area contributed by atoms with Gasteiger partial charge in [0.2, 0.25) is 5.91 Å². The zero-order valence-electron chi connectivity index (χ0n) is 12.3. The van der Waals surface area contributed by atoms with Crippen molar-refractivity contribution < 1.29 is 14.6 Å². The molecule has 0 aromatic rings. The molecule has 18 heavy (non-hydrogen) atoms. The third-order valence-corrected chi connectivity index (χ3v) is 3.00. The molecule has 5 heteroatoms. The highest BCUT2D eigenvalue weighted by molar-refractivity contribution is 5.78. The lowest BCUT2D eigenvalue weighted by Crippen LogP contribution is -2.44. The number of aliphatic hydroxyl groups excluding tert-OH is 1. The van der Waals surface area contributed by atoms with Gasteiger partial charge in [-0.15, -0.1) is 0 Å². The van der Waals surface area contributed by atoms with Crippen LogP contribution in [0.4, 0.5) is 0 Å². The van der Waals surface area contributed by atoms with Crippen LogP contribution in [0, 0.1) is 0 Å². The molecule has 5 nitrogen and oxygen atoms in total. The SMILES string of the molecule is CC(C)N(CCOCCO)CC(=O)N(C)C(C)C. The third kappa shape index (κ3) is 6.93. The zero-order chi connectivity index (χ0) is 14.1. The second kappa shape index (κ2) is 9.30. The van der Waals surface area contributed by atoms with Crippen molar-refractivity contribution in [3.8, 4) is 0 Å². The molecule has 0 spiro atoms. The summed E-state index contributed by atoms with van der Waals surface area (Å²) < 4.78 is 5.24. The number of aliphatic hydroxyl groups is 1. The fourth-order valence-electron chi connectivity index (χ4n) is 1.44. The van der Waals surface area contributed by atoms with Gasteiger partial charge in [0.15, 0.2) is 0 Å². The number of amides is 1. The summed E-state index contributed by atoms with van der Waals surface area (Å²) in [5.74, 6) is 0.126. The van der Waals surface area contributed by atoms with E-state index in [0.717, 1.165) is 0 Å². The van der Waals surface area contributed by atoms with Crippen LogP contribution in [0.1, 0.15) is 27.7 Å². The molecule has 0 unspecified atom stereocenters. The molecule has 108 valence electrons. The molecule has 0 heterocycles. The Morgan fingerprint density at radius 3 is 2.22 bits per heavy atom. The van der Waals surface area contributed by atoms with Crippen LogP contribution in [-0.4, -0.2) is 72.9 Å². The molecule has 0 saturated carbocycles. The second-order valence-electron chi connectivity index (χ2n) is 5.00. The lowest BCUT2D eigenvalue weighted by atomic mass is 10.3. The van der Waals surface area contributed by atoms with E-state index in [0.29, 0.717) is 32.3 Å². The second-order valence-corrected chi connectivity index (χ2v) is 5.00. The normalized spacial score (nSPS) is 11.6. The molecule has 0 aliphatic carbocycles. The summed E-state index contributed by atoms with van der Waals surface area (Å²) in [5.41, 5.74) is 0. The van der Waals surface area contributed by atoms with Crippen molar-refractivity contribution in [1.82, 2.24) is 9.80 Å². The van der Waals surface area contributed by atoms with E-state index >= 15 is 0 Å². The van der Waals surface area contributed by atoms with Crippen molar-refractivity contribution in [2.75, 3.05) is 40.0 Å². The number of carbonyl (C=O) groups is 1. The Bertz CT molecular complexity index is 232. The van der Waals surface area contributed by atoms with Crippen LogP contribution in [0.3, 0.4) is 0 Å². The van der Waals surface area contributed by atoms with Crippen LogP contribution in [0.15, 0.2) is 0 Å². The van der Waals surface area contributed by atoms with Gasteiger partial charge in [-0.25, -0.2) is 0 Å². The minimum Gasteiger partial charge on any atom is -0.394 e. The highest BCUT2D eigenvalue weighted by atomic mass is 16.5. The molecule has 0 aromatic heterocycles. The van der Waals surface area contributed by atoms with E-state index in [2.05, 4.69) is 18.7 Å². The summed E-state index contributed by atoms with van der Waals surface area (Å²) in [6.45, 7) is 10.2. The lowest BCUT2D eigenvalue weighted by molar-refractivity contribution is -0.133. The number of hydrogen-bond acceptors (Lipinski definition) is 4. The van der Waals surface area contributed by atoms with Crippen molar-refractivity contribution in [2.24, 2.45) is 0 Å². The smallest absolute Gasteiger partial charge is 0.236 e. The standard InChI is InChI=1S/C13H28N2O3/c1-11(2)14(5)13(17)10-15(12(3)4)6-8-18-9-7-16/h11-12,16H,6-10H2,1-5H3. The largest absolute Gasteiger partial charge is 0.394 e. The molecule has 0 fully saturated rings. The molecule has 0 bridgehead atoms. The first-order chi connectivity index (χ1) is 8.40. The summed E-state index contributed by atoms with van der Waals surface area (Å²) in [7, 11) is 1.83. The Labute approximate surface area is 111 Å². The molecular formula is C13H28N2O3. The van der Waals surface area contributed by atoms with Gasteiger partial charge in [-0.1, -0.05) is 0 Å². The Morgan fingerprint density at radius 2 is 1.78 bits per heavy atom. The average molecular weight is 260 g/mol. The van der Waals surface area contributed by atoms with Crippen LogP contribution < -0.4 is 0 Å². The van der Waals surface area contributed by atoms with E-state index in [-0.39, 0.29) is 18.6 Å². The Hall–Kier alpha value is -0.650. The van der Waals surface area contributed by atoms with E-state index in [4.69, 9.17) is 9.84 Å². The molecule has 1 amide bonds. The summed E-state index contributed by atoms with van der Waals surface area (Å²) in [5, 5.41) is 8.62. The van der Waals surface area contributed by atoms with Gasteiger partial charge < -0.3 is 14.7 Å². The van der Waals surface area contributed by atoms with Crippen LogP contribution in [-0.2, 0) is 9.53 Å². The van der Waals surface area contributed by atoms with E-state index in [1.807, 2.05) is 20.9 Å². The first-order valence-corrected chi connectivity index (χ1v) is 6.58. The molecule has 0 rings (SSSR count). The first-order valence-electron chi connectivity index (χ1n) is 6.58. The maximum atomic E-state index is 12.0. The number of likely N-dealkylation sites (N-methyl/N-ethyl adjacent to an activating group) is 1. The van der Waals surface area contributed by atoms with Gasteiger partial charge in [0.05, 0.1) is 26.4 Å². The van der Waals surface area contributed by atoms with Crippen molar-refractivity contribution in [1.29, 1.82) is 0 Å². The molecule has 0 aromatic carbocycles. The minimum absolute atomic E-state index is 0.0384. The monoisotopic (exact) mass is 260 g/mol. The number of rotatable bonds is 9. The van der Waals surface area contributed by atoms with Gasteiger partial charge >= 0.3 is 0 Å². The van der Waals surface area contributed by atoms with E-state index in [9.17, 15) is 4.79 Å². The van der Waals surface area contributed by atoms with Crippen molar-refractivity contribution in [2.45, 2.75) is 39.8 Å². The van der Waals surface area contributed by atoms with Crippen molar-refractivity contribution in [3.63, 3.8) is 0 Å². The summed E-state index contributed by atoms with van der Waals surface area (Å²) in [6, 6.07) is 0.518. The Morgan fingerprint density at radius 1 is 1.17 bits per heavy atom. The molecule has 0 saturated heterocycles. The average Bonchev–Trinajstić information content (AvgIpc) is 2.31. The Balaban J connectivity index is 4.14. The van der Waals surface area contributed by atoms with Gasteiger partial charge in [0.25, 0.3) is 0 Å². The molecule has 0 aliphatic heterocycles. The predicted molar refractivity (Wildman–Crippen MR) is 72.5 cm³/mol. The van der Waals surface area contributed by atoms with Crippen LogP contribution in [0.25, 0.3) is 0 Å². The fraction of sp³-hybridized carbons (Fsp3) is 0.923. The van der Waals surface area contributed by atoms with Gasteiger partial charge in [0, 0.05) is 25.7 Å². The van der Waals surface area contributed by atoms with Crippen molar-refractivity contribution >= 4 is 5.91 Å². The summed E-state index contributed by atoms with van der Waals surface area (Å²) in [4.78, 5) is 15.8. The van der Waals surface area contributed by atoms with Gasteiger partial charge in [-0.05, 0) is 27.7 Å². The topological polar surface area (TPSA) is 53.0 Å². The molecular weight excluding hydrogens is 232 g/mol. The number of nitrogens with zero attached hydrogens (tertiary/aromatic N) is 2. The van der Waals surface area contributed by atoms with Gasteiger partial charge in [-0.3, -0.25) is 9.69 Å². The lowest BCUT2D eigenvalue weighted by Gasteiger charge is -2.29. The molecule has 1 N–H and O–H groups in total. The van der Waals surface area contributed by atoms with Crippen LogP contribution in [0.2, 0.25) is 0 Å². The maximum Gasteiger partial charge on any atom is 0.236 e. The summed E-state index contributed by atoms with van der Waals surface area (Å²) >= 11 is 0. The fourth-order valence-corrected chi connectivity index (χ4v) is 1.44. The van der Waals surface area contributed by atoms with E-state index in [1.165, 1.54) is 0 Å². The van der Waals surface area contributed by atoms with Gasteiger partial charge in [0.1, 0.15) is 0 Å². The quantitative estimate of drug-likeness (QED) is 0.616. The van der Waals surface area contributed by atoms with Gasteiger partial charge in [-0.2, -0.15) is 0 Å². The third-order valence-electron chi connectivity index (χ3n) is 3.00. The van der Waals surface area contributed by atoms with Crippen LogP contribution >= 0.6 is 0 Å². The van der Waals surface area contributed by atoms with Crippen LogP contribution in [0.5, 0.6) is 0 Å². The maximum absolute atomic E-state index is 12.0. The van der Waals surface area contributed by atoms with Crippen molar-refractivity contribution in [3.05, 3.63) is 0 Å². The summed E-state index contributed by atoms with van der Waals surface area (Å²) in [6.07, 6.45) is 0. The first kappa shape index (κ1) is 17.4. The number of hydrogen-bond donors (Lipinski definition) is 1. The van der Waals surface area contributed by atoms with E-state index < -0.39 is 0 Å². The zero-order valence-corrected chi connectivity index (χ0v) is 12.3. The Kier molecular flexibility index (Phi) is 8.97. The molecule has 0 atom stereocenters. The highest BCUT2D eigenvalue weighted by Gasteiger charge is 2.18. The van der Waals surface area contributed by atoms with E-state index in [1.54, 1.807) is 4.90 Å². The molecule has 0 radical (unpaired) electrons. The highest BCUT2D eigenvalue weighted by Crippen LogP contribution is 2.02. The molecule has 0 aliphatic rings. The number of ether oxygens (including phenoxy) is 1. The minimum atomic E-state index is 0.0384.